The predicted molar refractivity (Wildman–Crippen MR) is 88.4 cm³/mol. The summed E-state index contributed by atoms with van der Waals surface area (Å²) >= 11 is 1.87. The van der Waals surface area contributed by atoms with Crippen LogP contribution in [0.15, 0.2) is 11.0 Å². The summed E-state index contributed by atoms with van der Waals surface area (Å²) in [6, 6.07) is -0.0414. The molecule has 3 N–H and O–H groups in total. The van der Waals surface area contributed by atoms with Gasteiger partial charge in [0, 0.05) is 18.8 Å². The van der Waals surface area contributed by atoms with Crippen LogP contribution < -0.4 is 10.6 Å². The average molecular weight is 312 g/mol. The Morgan fingerprint density at radius 3 is 2.71 bits per heavy atom. The molecule has 0 aromatic rings. The standard InChI is InChI=1S/C16H28N2O2S/c19-15-5-3-13(4-6-15)2-1-9-17-16(20)18-10-7-14-8-11-21-12-14/h12-13,15,19H,1-11H2,(H2,17,18,20). The summed E-state index contributed by atoms with van der Waals surface area (Å²) in [5.41, 5.74) is 1.46. The van der Waals surface area contributed by atoms with Crippen LogP contribution >= 0.6 is 11.8 Å². The molecule has 1 aliphatic carbocycles. The van der Waals surface area contributed by atoms with E-state index < -0.39 is 0 Å². The number of thioether (sulfide) groups is 1. The van der Waals surface area contributed by atoms with E-state index in [1.54, 1.807) is 0 Å². The maximum Gasteiger partial charge on any atom is 0.314 e. The molecule has 2 amide bonds. The van der Waals surface area contributed by atoms with Gasteiger partial charge in [0.15, 0.2) is 0 Å². The summed E-state index contributed by atoms with van der Waals surface area (Å²) in [4.78, 5) is 11.6. The van der Waals surface area contributed by atoms with Crippen LogP contribution in [0, 0.1) is 5.92 Å². The van der Waals surface area contributed by atoms with Crippen LogP contribution in [-0.2, 0) is 0 Å². The minimum absolute atomic E-state index is 0.0414. The molecule has 0 atom stereocenters. The molecule has 2 rings (SSSR count). The fourth-order valence-corrected chi connectivity index (χ4v) is 4.00. The van der Waals surface area contributed by atoms with Crippen molar-refractivity contribution >= 4 is 17.8 Å². The summed E-state index contributed by atoms with van der Waals surface area (Å²) in [5.74, 6) is 1.93. The largest absolute Gasteiger partial charge is 0.393 e. The first-order valence-electron chi connectivity index (χ1n) is 8.23. The third-order valence-electron chi connectivity index (χ3n) is 4.41. The molecule has 21 heavy (non-hydrogen) atoms. The van der Waals surface area contributed by atoms with Crippen molar-refractivity contribution in [2.45, 2.75) is 57.5 Å². The third kappa shape index (κ3) is 6.74. The summed E-state index contributed by atoms with van der Waals surface area (Å²) in [6.07, 6.45) is 8.46. The Balaban J connectivity index is 1.43. The van der Waals surface area contributed by atoms with Gasteiger partial charge in [0.05, 0.1) is 6.10 Å². The zero-order valence-corrected chi connectivity index (χ0v) is 13.6. The summed E-state index contributed by atoms with van der Waals surface area (Å²) in [6.45, 7) is 1.49. The first kappa shape index (κ1) is 16.7. The molecule has 4 nitrogen and oxygen atoms in total. The second-order valence-electron chi connectivity index (χ2n) is 6.15. The summed E-state index contributed by atoms with van der Waals surface area (Å²) in [7, 11) is 0. The van der Waals surface area contributed by atoms with Gasteiger partial charge >= 0.3 is 6.03 Å². The van der Waals surface area contributed by atoms with Gasteiger partial charge in [-0.3, -0.25) is 0 Å². The molecule has 0 aromatic heterocycles. The number of amides is 2. The smallest absolute Gasteiger partial charge is 0.314 e. The number of hydrogen-bond donors (Lipinski definition) is 3. The number of nitrogens with one attached hydrogen (secondary N) is 2. The minimum Gasteiger partial charge on any atom is -0.393 e. The van der Waals surface area contributed by atoms with Crippen molar-refractivity contribution in [2.24, 2.45) is 5.92 Å². The monoisotopic (exact) mass is 312 g/mol. The Morgan fingerprint density at radius 1 is 1.24 bits per heavy atom. The van der Waals surface area contributed by atoms with Gasteiger partial charge in [-0.1, -0.05) is 5.57 Å². The van der Waals surface area contributed by atoms with Gasteiger partial charge < -0.3 is 15.7 Å². The van der Waals surface area contributed by atoms with E-state index >= 15 is 0 Å². The molecule has 1 saturated carbocycles. The topological polar surface area (TPSA) is 61.4 Å². The second-order valence-corrected chi connectivity index (χ2v) is 7.12. The zero-order chi connectivity index (χ0) is 14.9. The molecule has 0 spiro atoms. The van der Waals surface area contributed by atoms with Crippen molar-refractivity contribution in [1.29, 1.82) is 0 Å². The van der Waals surface area contributed by atoms with Crippen molar-refractivity contribution in [3.05, 3.63) is 11.0 Å². The van der Waals surface area contributed by atoms with E-state index in [4.69, 9.17) is 0 Å². The highest BCUT2D eigenvalue weighted by molar-refractivity contribution is 8.02. The van der Waals surface area contributed by atoms with E-state index in [-0.39, 0.29) is 12.1 Å². The second kappa shape index (κ2) is 9.36. The quantitative estimate of drug-likeness (QED) is 0.633. The highest BCUT2D eigenvalue weighted by Gasteiger charge is 2.18. The van der Waals surface area contributed by atoms with Gasteiger partial charge in [0.25, 0.3) is 0 Å². The molecule has 0 unspecified atom stereocenters. The van der Waals surface area contributed by atoms with Gasteiger partial charge in [-0.25, -0.2) is 4.79 Å². The van der Waals surface area contributed by atoms with E-state index in [0.29, 0.717) is 0 Å². The number of aliphatic hydroxyl groups is 1. The molecule has 0 bridgehead atoms. The van der Waals surface area contributed by atoms with Crippen molar-refractivity contribution < 1.29 is 9.90 Å². The van der Waals surface area contributed by atoms with Gasteiger partial charge in [-0.15, -0.1) is 11.8 Å². The predicted octanol–water partition coefficient (Wildman–Crippen LogP) is 3.03. The lowest BCUT2D eigenvalue weighted by Crippen LogP contribution is -2.36. The number of urea groups is 1. The Hall–Kier alpha value is -0.680. The van der Waals surface area contributed by atoms with Gasteiger partial charge in [-0.2, -0.15) is 0 Å². The highest BCUT2D eigenvalue weighted by Crippen LogP contribution is 2.27. The Morgan fingerprint density at radius 2 is 2.00 bits per heavy atom. The van der Waals surface area contributed by atoms with E-state index in [9.17, 15) is 9.90 Å². The summed E-state index contributed by atoms with van der Waals surface area (Å²) in [5, 5.41) is 17.5. The Kier molecular flexibility index (Phi) is 7.44. The number of rotatable bonds is 7. The molecule has 0 saturated heterocycles. The van der Waals surface area contributed by atoms with Gasteiger partial charge in [0.2, 0.25) is 0 Å². The first-order chi connectivity index (χ1) is 10.2. The number of carbonyl (C=O) groups excluding carboxylic acids is 1. The van der Waals surface area contributed by atoms with Crippen LogP contribution in [0.3, 0.4) is 0 Å². The molecule has 0 radical (unpaired) electrons. The van der Waals surface area contributed by atoms with Gasteiger partial charge in [0.1, 0.15) is 0 Å². The molecule has 2 aliphatic rings. The molecule has 120 valence electrons. The SMILES string of the molecule is O=C(NCCCC1CCC(O)CC1)NCCC1=CSCC1. The molecule has 1 heterocycles. The zero-order valence-electron chi connectivity index (χ0n) is 12.8. The van der Waals surface area contributed by atoms with Crippen LogP contribution in [0.1, 0.15) is 51.4 Å². The first-order valence-corrected chi connectivity index (χ1v) is 9.28. The van der Waals surface area contributed by atoms with Crippen molar-refractivity contribution in [3.8, 4) is 0 Å². The highest BCUT2D eigenvalue weighted by atomic mass is 32.2. The molecular weight excluding hydrogens is 284 g/mol. The molecule has 5 heteroatoms. The van der Waals surface area contributed by atoms with E-state index in [1.165, 1.54) is 17.7 Å². The number of hydrogen-bond acceptors (Lipinski definition) is 3. The van der Waals surface area contributed by atoms with Crippen LogP contribution in [0.4, 0.5) is 4.79 Å². The molecule has 0 aromatic carbocycles. The van der Waals surface area contributed by atoms with E-state index in [1.807, 2.05) is 11.8 Å². The lowest BCUT2D eigenvalue weighted by molar-refractivity contribution is 0.106. The van der Waals surface area contributed by atoms with E-state index in [0.717, 1.165) is 64.0 Å². The van der Waals surface area contributed by atoms with Crippen LogP contribution in [0.2, 0.25) is 0 Å². The normalized spacial score (nSPS) is 25.5. The number of aliphatic hydroxyl groups excluding tert-OH is 1. The number of carbonyl (C=O) groups is 1. The molecule has 1 aliphatic heterocycles. The maximum absolute atomic E-state index is 11.6. The van der Waals surface area contributed by atoms with Crippen LogP contribution in [0.25, 0.3) is 0 Å². The fourth-order valence-electron chi connectivity index (χ4n) is 3.03. The molecular formula is C16H28N2O2S. The maximum atomic E-state index is 11.6. The van der Waals surface area contributed by atoms with Crippen molar-refractivity contribution in [3.63, 3.8) is 0 Å². The van der Waals surface area contributed by atoms with Crippen LogP contribution in [0.5, 0.6) is 0 Å². The van der Waals surface area contributed by atoms with Crippen molar-refractivity contribution in [2.75, 3.05) is 18.8 Å². The molecule has 1 fully saturated rings. The van der Waals surface area contributed by atoms with Crippen LogP contribution in [-0.4, -0.2) is 36.1 Å². The average Bonchev–Trinajstić information content (AvgIpc) is 2.99. The van der Waals surface area contributed by atoms with Gasteiger partial charge in [-0.05, 0) is 62.7 Å². The summed E-state index contributed by atoms with van der Waals surface area (Å²) < 4.78 is 0. The van der Waals surface area contributed by atoms with Crippen molar-refractivity contribution in [1.82, 2.24) is 10.6 Å². The Labute approximate surface area is 132 Å². The lowest BCUT2D eigenvalue weighted by Gasteiger charge is -2.25. The third-order valence-corrected chi connectivity index (χ3v) is 5.35. The van der Waals surface area contributed by atoms with E-state index in [2.05, 4.69) is 16.0 Å². The fraction of sp³-hybridized carbons (Fsp3) is 0.812. The Bertz CT molecular complexity index is 352. The lowest BCUT2D eigenvalue weighted by atomic mass is 9.85. The minimum atomic E-state index is -0.0708.